The third-order valence-electron chi connectivity index (χ3n) is 4.36. The summed E-state index contributed by atoms with van der Waals surface area (Å²) in [6.45, 7) is 3.05. The van der Waals surface area contributed by atoms with Crippen LogP contribution in [0.1, 0.15) is 12.8 Å². The third-order valence-corrected chi connectivity index (χ3v) is 5.28. The van der Waals surface area contributed by atoms with Crippen LogP contribution in [0.4, 0.5) is 11.4 Å². The summed E-state index contributed by atoms with van der Waals surface area (Å²) in [4.78, 5) is 39.8. The van der Waals surface area contributed by atoms with Crippen LogP contribution in [0.2, 0.25) is 0 Å². The number of nitrogens with zero attached hydrogens (tertiary/aromatic N) is 2. The van der Waals surface area contributed by atoms with Crippen molar-refractivity contribution in [1.29, 1.82) is 0 Å². The van der Waals surface area contributed by atoms with E-state index < -0.39 is 0 Å². The van der Waals surface area contributed by atoms with E-state index in [1.54, 1.807) is 15.9 Å². The summed E-state index contributed by atoms with van der Waals surface area (Å²) >= 11 is 1.30. The molecule has 2 fully saturated rings. The minimum atomic E-state index is -0.177. The molecular weight excluding hydrogens is 354 g/mol. The number of para-hydroxylation sites is 2. The van der Waals surface area contributed by atoms with Crippen LogP contribution in [0.3, 0.4) is 0 Å². The molecule has 2 heterocycles. The minimum Gasteiger partial charge on any atom is -0.378 e. The van der Waals surface area contributed by atoms with Crippen molar-refractivity contribution in [2.45, 2.75) is 12.8 Å². The Morgan fingerprint density at radius 2 is 1.88 bits per heavy atom. The fourth-order valence-corrected chi connectivity index (χ4v) is 3.76. The van der Waals surface area contributed by atoms with E-state index in [1.807, 2.05) is 18.2 Å². The molecule has 0 radical (unpaired) electrons. The van der Waals surface area contributed by atoms with Gasteiger partial charge in [-0.15, -0.1) is 11.8 Å². The zero-order valence-corrected chi connectivity index (χ0v) is 15.4. The van der Waals surface area contributed by atoms with Gasteiger partial charge < -0.3 is 19.9 Å². The van der Waals surface area contributed by atoms with Crippen molar-refractivity contribution in [3.8, 4) is 0 Å². The molecule has 1 aromatic rings. The van der Waals surface area contributed by atoms with E-state index in [9.17, 15) is 14.4 Å². The maximum Gasteiger partial charge on any atom is 0.234 e. The van der Waals surface area contributed by atoms with Crippen molar-refractivity contribution in [2.75, 3.05) is 54.6 Å². The SMILES string of the molecule is O=C(CSCC(=O)N1CCOCC1)Nc1ccccc1N1CCCC1=O. The molecule has 0 unspecified atom stereocenters. The fraction of sp³-hybridized carbons (Fsp3) is 0.500. The van der Waals surface area contributed by atoms with Crippen molar-refractivity contribution in [3.63, 3.8) is 0 Å². The molecule has 1 aromatic carbocycles. The molecular formula is C18H23N3O4S. The lowest BCUT2D eigenvalue weighted by molar-refractivity contribution is -0.132. The van der Waals surface area contributed by atoms with E-state index in [0.717, 1.165) is 12.1 Å². The number of amides is 3. The first-order valence-electron chi connectivity index (χ1n) is 8.77. The van der Waals surface area contributed by atoms with Crippen LogP contribution < -0.4 is 10.2 Å². The second kappa shape index (κ2) is 9.05. The van der Waals surface area contributed by atoms with Crippen LogP contribution in [0.25, 0.3) is 0 Å². The fourth-order valence-electron chi connectivity index (χ4n) is 3.04. The molecule has 8 heteroatoms. The van der Waals surface area contributed by atoms with Gasteiger partial charge in [0.1, 0.15) is 0 Å². The van der Waals surface area contributed by atoms with Gasteiger partial charge in [-0.2, -0.15) is 0 Å². The Balaban J connectivity index is 1.49. The second-order valence-corrected chi connectivity index (χ2v) is 7.19. The topological polar surface area (TPSA) is 79.0 Å². The first-order chi connectivity index (χ1) is 12.6. The molecule has 3 amide bonds. The average Bonchev–Trinajstić information content (AvgIpc) is 3.08. The highest BCUT2D eigenvalue weighted by Crippen LogP contribution is 2.29. The molecule has 0 atom stereocenters. The molecule has 0 aliphatic carbocycles. The Labute approximate surface area is 157 Å². The zero-order chi connectivity index (χ0) is 18.4. The minimum absolute atomic E-state index is 0.0363. The Morgan fingerprint density at radius 1 is 1.12 bits per heavy atom. The number of hydrogen-bond donors (Lipinski definition) is 1. The van der Waals surface area contributed by atoms with Gasteiger partial charge in [0.25, 0.3) is 0 Å². The number of hydrogen-bond acceptors (Lipinski definition) is 5. The van der Waals surface area contributed by atoms with Crippen molar-refractivity contribution >= 4 is 40.9 Å². The van der Waals surface area contributed by atoms with Gasteiger partial charge in [0.2, 0.25) is 17.7 Å². The van der Waals surface area contributed by atoms with Gasteiger partial charge in [0.05, 0.1) is 36.1 Å². The molecule has 0 aromatic heterocycles. The standard InChI is InChI=1S/C18H23N3O4S/c22-16(12-26-13-18(24)20-8-10-25-11-9-20)19-14-4-1-2-5-15(14)21-7-3-6-17(21)23/h1-2,4-5H,3,6-13H2,(H,19,22). The number of nitrogens with one attached hydrogen (secondary N) is 1. The Kier molecular flexibility index (Phi) is 6.51. The largest absolute Gasteiger partial charge is 0.378 e. The second-order valence-electron chi connectivity index (χ2n) is 6.20. The van der Waals surface area contributed by atoms with E-state index in [2.05, 4.69) is 5.32 Å². The highest BCUT2D eigenvalue weighted by molar-refractivity contribution is 8.00. The molecule has 3 rings (SSSR count). The molecule has 0 bridgehead atoms. The van der Waals surface area contributed by atoms with Gasteiger partial charge in [-0.3, -0.25) is 14.4 Å². The normalized spacial score (nSPS) is 17.5. The molecule has 0 spiro atoms. The van der Waals surface area contributed by atoms with Gasteiger partial charge in [-0.1, -0.05) is 12.1 Å². The van der Waals surface area contributed by atoms with E-state index >= 15 is 0 Å². The number of carbonyl (C=O) groups excluding carboxylic acids is 3. The summed E-state index contributed by atoms with van der Waals surface area (Å²) < 4.78 is 5.23. The number of thioether (sulfide) groups is 1. The zero-order valence-electron chi connectivity index (χ0n) is 14.6. The van der Waals surface area contributed by atoms with Crippen molar-refractivity contribution in [2.24, 2.45) is 0 Å². The molecule has 1 N–H and O–H groups in total. The van der Waals surface area contributed by atoms with Crippen LogP contribution in [0, 0.1) is 0 Å². The summed E-state index contributed by atoms with van der Waals surface area (Å²) in [5.74, 6) is 0.410. The van der Waals surface area contributed by atoms with E-state index in [-0.39, 0.29) is 29.2 Å². The number of morpholine rings is 1. The highest BCUT2D eigenvalue weighted by Gasteiger charge is 2.24. The van der Waals surface area contributed by atoms with E-state index in [1.165, 1.54) is 11.8 Å². The van der Waals surface area contributed by atoms with Gasteiger partial charge in [0, 0.05) is 26.1 Å². The quantitative estimate of drug-likeness (QED) is 0.809. The number of rotatable bonds is 6. The Morgan fingerprint density at radius 3 is 2.62 bits per heavy atom. The smallest absolute Gasteiger partial charge is 0.234 e. The monoisotopic (exact) mass is 377 g/mol. The first-order valence-corrected chi connectivity index (χ1v) is 9.93. The first kappa shape index (κ1) is 18.7. The molecule has 2 aliphatic rings. The van der Waals surface area contributed by atoms with Crippen molar-refractivity contribution < 1.29 is 19.1 Å². The maximum atomic E-state index is 12.2. The maximum absolute atomic E-state index is 12.2. The van der Waals surface area contributed by atoms with Crippen LogP contribution >= 0.6 is 11.8 Å². The van der Waals surface area contributed by atoms with Crippen molar-refractivity contribution in [3.05, 3.63) is 24.3 Å². The summed E-state index contributed by atoms with van der Waals surface area (Å²) in [6, 6.07) is 7.32. The van der Waals surface area contributed by atoms with Gasteiger partial charge in [-0.25, -0.2) is 0 Å². The predicted molar refractivity (Wildman–Crippen MR) is 101 cm³/mol. The lowest BCUT2D eigenvalue weighted by atomic mass is 10.2. The van der Waals surface area contributed by atoms with Crippen LogP contribution in [0.5, 0.6) is 0 Å². The van der Waals surface area contributed by atoms with E-state index in [0.29, 0.717) is 45.0 Å². The lowest BCUT2D eigenvalue weighted by Crippen LogP contribution is -2.41. The lowest BCUT2D eigenvalue weighted by Gasteiger charge is -2.26. The predicted octanol–water partition coefficient (Wildman–Crippen LogP) is 1.34. The van der Waals surface area contributed by atoms with Crippen LogP contribution in [-0.2, 0) is 19.1 Å². The van der Waals surface area contributed by atoms with Gasteiger partial charge in [0.15, 0.2) is 0 Å². The third kappa shape index (κ3) is 4.76. The number of ether oxygens (including phenoxy) is 1. The Bertz CT molecular complexity index is 676. The van der Waals surface area contributed by atoms with Crippen molar-refractivity contribution in [1.82, 2.24) is 4.90 Å². The Hall–Kier alpha value is -2.06. The number of carbonyl (C=O) groups is 3. The molecule has 140 valence electrons. The summed E-state index contributed by atoms with van der Waals surface area (Å²) in [6.07, 6.45) is 1.38. The average molecular weight is 377 g/mol. The summed E-state index contributed by atoms with van der Waals surface area (Å²) in [5.41, 5.74) is 1.37. The molecule has 2 saturated heterocycles. The highest BCUT2D eigenvalue weighted by atomic mass is 32.2. The molecule has 26 heavy (non-hydrogen) atoms. The molecule has 0 saturated carbocycles. The van der Waals surface area contributed by atoms with Gasteiger partial charge >= 0.3 is 0 Å². The van der Waals surface area contributed by atoms with E-state index in [4.69, 9.17) is 4.74 Å². The molecule has 7 nitrogen and oxygen atoms in total. The number of benzene rings is 1. The van der Waals surface area contributed by atoms with Crippen LogP contribution in [0.15, 0.2) is 24.3 Å². The van der Waals surface area contributed by atoms with Crippen LogP contribution in [-0.4, -0.2) is 67.0 Å². The molecule has 2 aliphatic heterocycles. The van der Waals surface area contributed by atoms with Gasteiger partial charge in [-0.05, 0) is 18.6 Å². The summed E-state index contributed by atoms with van der Waals surface area (Å²) in [5, 5.41) is 2.86. The summed E-state index contributed by atoms with van der Waals surface area (Å²) in [7, 11) is 0. The number of anilines is 2.